The van der Waals surface area contributed by atoms with Gasteiger partial charge in [0.25, 0.3) is 0 Å². The Morgan fingerprint density at radius 2 is 1.75 bits per heavy atom. The van der Waals surface area contributed by atoms with Crippen LogP contribution in [0.1, 0.15) is 5.56 Å². The number of benzene rings is 2. The van der Waals surface area contributed by atoms with Gasteiger partial charge in [-0.1, -0.05) is 33.6 Å². The van der Waals surface area contributed by atoms with Crippen LogP contribution in [0.3, 0.4) is 0 Å². The number of hydrogen-bond donors (Lipinski definition) is 0. The van der Waals surface area contributed by atoms with Gasteiger partial charge in [0, 0.05) is 15.6 Å². The summed E-state index contributed by atoms with van der Waals surface area (Å²) in [5, 5.41) is 0. The third-order valence-electron chi connectivity index (χ3n) is 2.35. The zero-order valence-corrected chi connectivity index (χ0v) is 10.2. The highest BCUT2D eigenvalue weighted by Gasteiger charge is 2.13. The number of halogens is 3. The Labute approximate surface area is 101 Å². The maximum atomic E-state index is 13.7. The Kier molecular flexibility index (Phi) is 3.06. The Balaban J connectivity index is 2.72. The molecule has 0 saturated heterocycles. The molecule has 2 aromatic carbocycles. The summed E-state index contributed by atoms with van der Waals surface area (Å²) >= 11 is 3.24. The second-order valence-corrected chi connectivity index (χ2v) is 4.43. The van der Waals surface area contributed by atoms with Crippen molar-refractivity contribution < 1.29 is 8.78 Å². The molecule has 0 aromatic heterocycles. The predicted molar refractivity (Wildman–Crippen MR) is 64.2 cm³/mol. The van der Waals surface area contributed by atoms with Gasteiger partial charge in [-0.3, -0.25) is 0 Å². The van der Waals surface area contributed by atoms with Crippen molar-refractivity contribution in [1.29, 1.82) is 0 Å². The van der Waals surface area contributed by atoms with E-state index in [0.717, 1.165) is 5.56 Å². The minimum absolute atomic E-state index is 0.267. The zero-order valence-electron chi connectivity index (χ0n) is 8.60. The maximum Gasteiger partial charge on any atom is 0.132 e. The van der Waals surface area contributed by atoms with E-state index in [9.17, 15) is 8.78 Å². The van der Waals surface area contributed by atoms with Gasteiger partial charge in [0.2, 0.25) is 0 Å². The highest BCUT2D eigenvalue weighted by Crippen LogP contribution is 2.32. The third-order valence-corrected chi connectivity index (χ3v) is 3.01. The molecule has 0 aliphatic rings. The van der Waals surface area contributed by atoms with E-state index in [1.807, 2.05) is 6.92 Å². The van der Waals surface area contributed by atoms with Gasteiger partial charge in [-0.2, -0.15) is 0 Å². The molecule has 0 nitrogen and oxygen atoms in total. The molecule has 0 amide bonds. The molecule has 0 saturated carbocycles. The molecule has 0 bridgehead atoms. The number of hydrogen-bond acceptors (Lipinski definition) is 0. The van der Waals surface area contributed by atoms with Crippen LogP contribution in [0.25, 0.3) is 11.1 Å². The molecular formula is C13H9BrF2. The number of aryl methyl sites for hydroxylation is 1. The van der Waals surface area contributed by atoms with Gasteiger partial charge in [-0.25, -0.2) is 8.78 Å². The van der Waals surface area contributed by atoms with Crippen LogP contribution < -0.4 is 0 Å². The molecule has 0 fully saturated rings. The van der Waals surface area contributed by atoms with E-state index in [-0.39, 0.29) is 11.1 Å². The third kappa shape index (κ3) is 2.00. The van der Waals surface area contributed by atoms with Gasteiger partial charge >= 0.3 is 0 Å². The lowest BCUT2D eigenvalue weighted by molar-refractivity contribution is 0.615. The molecule has 3 heteroatoms. The first-order chi connectivity index (χ1) is 7.59. The van der Waals surface area contributed by atoms with Crippen LogP contribution in [0, 0.1) is 18.6 Å². The normalized spacial score (nSPS) is 10.5. The zero-order chi connectivity index (χ0) is 11.7. The second kappa shape index (κ2) is 4.34. The summed E-state index contributed by atoms with van der Waals surface area (Å²) in [7, 11) is 0. The molecule has 0 heterocycles. The molecule has 0 unspecified atom stereocenters. The van der Waals surface area contributed by atoms with E-state index in [1.165, 1.54) is 12.1 Å². The Morgan fingerprint density at radius 1 is 1.00 bits per heavy atom. The van der Waals surface area contributed by atoms with Crippen LogP contribution in [0.15, 0.2) is 40.9 Å². The smallest absolute Gasteiger partial charge is 0.132 e. The Morgan fingerprint density at radius 3 is 2.44 bits per heavy atom. The summed E-state index contributed by atoms with van der Waals surface area (Å²) in [4.78, 5) is 0. The maximum absolute atomic E-state index is 13.7. The summed E-state index contributed by atoms with van der Waals surface area (Å²) in [6, 6.07) is 9.24. The quantitative estimate of drug-likeness (QED) is 0.711. The summed E-state index contributed by atoms with van der Waals surface area (Å²) in [6.07, 6.45) is 0. The first kappa shape index (κ1) is 11.3. The van der Waals surface area contributed by atoms with Crippen LogP contribution >= 0.6 is 15.9 Å². The summed E-state index contributed by atoms with van der Waals surface area (Å²) in [6.45, 7) is 1.84. The van der Waals surface area contributed by atoms with Crippen molar-refractivity contribution >= 4 is 15.9 Å². The Hall–Kier alpha value is -1.22. The standard InChI is InChI=1S/C13H9BrF2/c1-8-5-6-11(15)9(7-8)13-10(14)3-2-4-12(13)16/h2-7H,1H3. The van der Waals surface area contributed by atoms with Crippen molar-refractivity contribution in [2.24, 2.45) is 0 Å². The van der Waals surface area contributed by atoms with Gasteiger partial charge in [-0.15, -0.1) is 0 Å². The topological polar surface area (TPSA) is 0 Å². The number of rotatable bonds is 1. The predicted octanol–water partition coefficient (Wildman–Crippen LogP) is 4.70. The fraction of sp³-hybridized carbons (Fsp3) is 0.0769. The van der Waals surface area contributed by atoms with Gasteiger partial charge in [0.1, 0.15) is 11.6 Å². The van der Waals surface area contributed by atoms with Crippen LogP contribution in [0.5, 0.6) is 0 Å². The monoisotopic (exact) mass is 282 g/mol. The minimum atomic E-state index is -0.432. The molecule has 0 N–H and O–H groups in total. The molecule has 0 radical (unpaired) electrons. The van der Waals surface area contributed by atoms with Crippen molar-refractivity contribution in [3.8, 4) is 11.1 Å². The van der Waals surface area contributed by atoms with Crippen molar-refractivity contribution in [3.05, 3.63) is 58.1 Å². The lowest BCUT2D eigenvalue weighted by Gasteiger charge is -2.08. The summed E-state index contributed by atoms with van der Waals surface area (Å²) in [5.41, 5.74) is 1.44. The summed E-state index contributed by atoms with van der Waals surface area (Å²) in [5.74, 6) is -0.852. The highest BCUT2D eigenvalue weighted by molar-refractivity contribution is 9.10. The van der Waals surface area contributed by atoms with E-state index in [2.05, 4.69) is 15.9 Å². The van der Waals surface area contributed by atoms with Gasteiger partial charge in [0.15, 0.2) is 0 Å². The van der Waals surface area contributed by atoms with Gasteiger partial charge < -0.3 is 0 Å². The van der Waals surface area contributed by atoms with Gasteiger partial charge in [0.05, 0.1) is 0 Å². The first-order valence-electron chi connectivity index (χ1n) is 4.80. The average molecular weight is 283 g/mol. The van der Waals surface area contributed by atoms with E-state index >= 15 is 0 Å². The molecule has 16 heavy (non-hydrogen) atoms. The van der Waals surface area contributed by atoms with E-state index in [4.69, 9.17) is 0 Å². The lowest BCUT2D eigenvalue weighted by atomic mass is 10.0. The molecule has 82 valence electrons. The molecule has 2 aromatic rings. The van der Waals surface area contributed by atoms with E-state index < -0.39 is 11.6 Å². The van der Waals surface area contributed by atoms with Crippen molar-refractivity contribution in [3.63, 3.8) is 0 Å². The molecule has 0 aliphatic heterocycles. The lowest BCUT2D eigenvalue weighted by Crippen LogP contribution is -1.90. The molecule has 0 aliphatic carbocycles. The highest BCUT2D eigenvalue weighted by atomic mass is 79.9. The molecule has 0 spiro atoms. The van der Waals surface area contributed by atoms with Crippen molar-refractivity contribution in [2.75, 3.05) is 0 Å². The SMILES string of the molecule is Cc1ccc(F)c(-c2c(F)cccc2Br)c1. The largest absolute Gasteiger partial charge is 0.206 e. The van der Waals surface area contributed by atoms with Gasteiger partial charge in [-0.05, 0) is 31.2 Å². The fourth-order valence-electron chi connectivity index (χ4n) is 1.59. The Bertz CT molecular complexity index is 515. The van der Waals surface area contributed by atoms with E-state index in [0.29, 0.717) is 4.47 Å². The van der Waals surface area contributed by atoms with Crippen molar-refractivity contribution in [2.45, 2.75) is 6.92 Å². The minimum Gasteiger partial charge on any atom is -0.206 e. The molecule has 2 rings (SSSR count). The molecule has 0 atom stereocenters. The fourth-order valence-corrected chi connectivity index (χ4v) is 2.14. The van der Waals surface area contributed by atoms with Crippen molar-refractivity contribution in [1.82, 2.24) is 0 Å². The second-order valence-electron chi connectivity index (χ2n) is 3.58. The average Bonchev–Trinajstić information content (AvgIpc) is 2.23. The van der Waals surface area contributed by atoms with Crippen LogP contribution in [-0.2, 0) is 0 Å². The van der Waals surface area contributed by atoms with Crippen LogP contribution in [0.4, 0.5) is 8.78 Å². The molecular weight excluding hydrogens is 274 g/mol. The van der Waals surface area contributed by atoms with Crippen LogP contribution in [0.2, 0.25) is 0 Å². The first-order valence-corrected chi connectivity index (χ1v) is 5.59. The van der Waals surface area contributed by atoms with E-state index in [1.54, 1.807) is 24.3 Å². The summed E-state index contributed by atoms with van der Waals surface area (Å²) < 4.78 is 27.8. The van der Waals surface area contributed by atoms with Crippen LogP contribution in [-0.4, -0.2) is 0 Å².